The summed E-state index contributed by atoms with van der Waals surface area (Å²) in [5.41, 5.74) is 1.49. The van der Waals surface area contributed by atoms with Crippen LogP contribution in [0.1, 0.15) is 34.6 Å². The molecule has 0 aliphatic carbocycles. The Labute approximate surface area is 170 Å². The van der Waals surface area contributed by atoms with Gasteiger partial charge in [0, 0.05) is 11.8 Å². The Balaban J connectivity index is 1.76. The van der Waals surface area contributed by atoms with Gasteiger partial charge in [0.25, 0.3) is 5.91 Å². The summed E-state index contributed by atoms with van der Waals surface area (Å²) in [7, 11) is 0. The van der Waals surface area contributed by atoms with Crippen LogP contribution in [0.4, 0.5) is 0 Å². The normalized spacial score (nSPS) is 38.1. The summed E-state index contributed by atoms with van der Waals surface area (Å²) in [5, 5.41) is 22.8. The number of aliphatic hydroxyl groups is 2. The van der Waals surface area contributed by atoms with Crippen molar-refractivity contribution in [1.29, 1.82) is 0 Å². The van der Waals surface area contributed by atoms with Crippen LogP contribution in [0.25, 0.3) is 0 Å². The maximum Gasteiger partial charge on any atom is 0.259 e. The van der Waals surface area contributed by atoms with Gasteiger partial charge in [-0.3, -0.25) is 9.59 Å². The second-order valence-electron chi connectivity index (χ2n) is 8.28. The van der Waals surface area contributed by atoms with Crippen LogP contribution >= 0.6 is 0 Å². The van der Waals surface area contributed by atoms with Gasteiger partial charge in [-0.05, 0) is 38.5 Å². The van der Waals surface area contributed by atoms with Gasteiger partial charge in [0.1, 0.15) is 11.3 Å². The van der Waals surface area contributed by atoms with Gasteiger partial charge < -0.3 is 25.0 Å². The molecule has 7 nitrogen and oxygen atoms in total. The van der Waals surface area contributed by atoms with Crippen molar-refractivity contribution in [2.45, 2.75) is 58.7 Å². The van der Waals surface area contributed by atoms with Gasteiger partial charge in [-0.1, -0.05) is 31.6 Å². The Bertz CT molecular complexity index is 820. The third kappa shape index (κ3) is 4.08. The van der Waals surface area contributed by atoms with Crippen LogP contribution in [0.3, 0.4) is 0 Å². The fourth-order valence-electron chi connectivity index (χ4n) is 4.19. The van der Waals surface area contributed by atoms with E-state index in [0.717, 1.165) is 11.1 Å². The van der Waals surface area contributed by atoms with Gasteiger partial charge in [-0.2, -0.15) is 0 Å². The number of Topliss-reactive ketones (excluding diaryl/α,β-unsaturated/α-hetero) is 1. The standard InChI is InChI=1S/C22H29NO6/c1-11(6-7-15(24)18-17(26)10-23-21(18)27)8-12(2)19-14(4)20-16(25)9-13(3)22(5,28-19)29-20/h6-9,12,14,16,19-20,24-25H,10H2,1-5H3,(H,23,27)/b7-6+,11-8+,18-15-/t12-,14-,16+,19-,20?,22?/m1/s1. The first kappa shape index (κ1) is 21.5. The summed E-state index contributed by atoms with van der Waals surface area (Å²) in [6.07, 6.45) is 5.64. The van der Waals surface area contributed by atoms with Crippen molar-refractivity contribution in [3.63, 3.8) is 0 Å². The molecule has 0 saturated carbocycles. The first-order valence-corrected chi connectivity index (χ1v) is 9.87. The zero-order valence-corrected chi connectivity index (χ0v) is 17.4. The highest BCUT2D eigenvalue weighted by molar-refractivity contribution is 6.25. The molecule has 2 fully saturated rings. The first-order chi connectivity index (χ1) is 13.5. The number of ether oxygens (including phenoxy) is 2. The van der Waals surface area contributed by atoms with Crippen LogP contribution in [0.15, 0.2) is 46.8 Å². The molecule has 3 heterocycles. The van der Waals surface area contributed by atoms with Gasteiger partial charge >= 0.3 is 0 Å². The summed E-state index contributed by atoms with van der Waals surface area (Å²) in [4.78, 5) is 23.3. The van der Waals surface area contributed by atoms with Crippen molar-refractivity contribution >= 4 is 11.7 Å². The molecular formula is C22H29NO6. The highest BCUT2D eigenvalue weighted by Crippen LogP contribution is 2.43. The Kier molecular flexibility index (Phi) is 5.85. The number of hydrogen-bond acceptors (Lipinski definition) is 6. The van der Waals surface area contributed by atoms with Crippen LogP contribution in [0, 0.1) is 11.8 Å². The van der Waals surface area contributed by atoms with E-state index in [-0.39, 0.29) is 41.9 Å². The number of hydrogen-bond donors (Lipinski definition) is 3. The Hall–Kier alpha value is -2.22. The molecule has 3 rings (SSSR count). The number of fused-ring (bicyclic) bond motifs is 2. The zero-order valence-electron chi connectivity index (χ0n) is 17.4. The van der Waals surface area contributed by atoms with E-state index >= 15 is 0 Å². The van der Waals surface area contributed by atoms with Crippen LogP contribution in [-0.4, -0.2) is 52.5 Å². The molecule has 2 saturated heterocycles. The van der Waals surface area contributed by atoms with E-state index in [1.165, 1.54) is 6.08 Å². The third-order valence-electron chi connectivity index (χ3n) is 5.95. The predicted molar refractivity (Wildman–Crippen MR) is 107 cm³/mol. The zero-order chi connectivity index (χ0) is 21.5. The quantitative estimate of drug-likeness (QED) is 0.218. The van der Waals surface area contributed by atoms with Crippen molar-refractivity contribution < 1.29 is 29.3 Å². The van der Waals surface area contributed by atoms with Gasteiger partial charge in [0.15, 0.2) is 11.6 Å². The van der Waals surface area contributed by atoms with Gasteiger partial charge in [-0.15, -0.1) is 0 Å². The molecular weight excluding hydrogens is 374 g/mol. The third-order valence-corrected chi connectivity index (χ3v) is 5.95. The molecule has 3 N–H and O–H groups in total. The molecule has 2 unspecified atom stereocenters. The second kappa shape index (κ2) is 7.89. The number of nitrogens with one attached hydrogen (secondary N) is 1. The molecule has 158 valence electrons. The number of carbonyl (C=O) groups is 2. The lowest BCUT2D eigenvalue weighted by molar-refractivity contribution is -0.331. The Morgan fingerprint density at radius 3 is 2.66 bits per heavy atom. The molecule has 0 aromatic carbocycles. The molecule has 6 atom stereocenters. The minimum Gasteiger partial charge on any atom is -0.507 e. The summed E-state index contributed by atoms with van der Waals surface area (Å²) in [6.45, 7) is 9.57. The van der Waals surface area contributed by atoms with E-state index in [1.807, 2.05) is 40.7 Å². The lowest BCUT2D eigenvalue weighted by Crippen LogP contribution is -2.59. The van der Waals surface area contributed by atoms with E-state index in [2.05, 4.69) is 5.32 Å². The fourth-order valence-corrected chi connectivity index (χ4v) is 4.19. The minimum absolute atomic E-state index is 0.00434. The summed E-state index contributed by atoms with van der Waals surface area (Å²) < 4.78 is 12.3. The molecule has 0 spiro atoms. The van der Waals surface area contributed by atoms with Crippen molar-refractivity contribution in [1.82, 2.24) is 5.32 Å². The molecule has 3 aliphatic rings. The predicted octanol–water partition coefficient (Wildman–Crippen LogP) is 2.09. The van der Waals surface area contributed by atoms with Crippen molar-refractivity contribution in [2.75, 3.05) is 6.54 Å². The highest BCUT2D eigenvalue weighted by atomic mass is 16.7. The molecule has 3 aliphatic heterocycles. The SMILES string of the molecule is CC1=C[C@H](O)C2OC1(C)O[C@H]([C@H](C)/C=C(C)/C=C/C(O)=C1\C(=O)CNC1=O)[C@H]2C. The second-order valence-corrected chi connectivity index (χ2v) is 8.28. The summed E-state index contributed by atoms with van der Waals surface area (Å²) in [5.74, 6) is -2.19. The lowest BCUT2D eigenvalue weighted by atomic mass is 9.81. The average Bonchev–Trinajstić information content (AvgIpc) is 2.98. The van der Waals surface area contributed by atoms with Gasteiger partial charge in [-0.25, -0.2) is 0 Å². The Morgan fingerprint density at radius 2 is 2.03 bits per heavy atom. The van der Waals surface area contributed by atoms with E-state index in [0.29, 0.717) is 0 Å². The topological polar surface area (TPSA) is 105 Å². The molecule has 7 heteroatoms. The van der Waals surface area contributed by atoms with Crippen LogP contribution in [0.5, 0.6) is 0 Å². The van der Waals surface area contributed by atoms with Crippen LogP contribution in [-0.2, 0) is 19.1 Å². The molecule has 0 aromatic heterocycles. The Morgan fingerprint density at radius 1 is 1.34 bits per heavy atom. The fraction of sp³-hybridized carbons (Fsp3) is 0.545. The molecule has 1 amide bonds. The number of carbonyl (C=O) groups excluding carboxylic acids is 2. The molecule has 0 aromatic rings. The number of allylic oxidation sites excluding steroid dienone is 3. The van der Waals surface area contributed by atoms with E-state index in [1.54, 1.807) is 12.2 Å². The minimum atomic E-state index is -0.855. The van der Waals surface area contributed by atoms with Crippen molar-refractivity contribution in [2.24, 2.45) is 11.8 Å². The van der Waals surface area contributed by atoms with Gasteiger partial charge in [0.05, 0.1) is 24.9 Å². The van der Waals surface area contributed by atoms with E-state index < -0.39 is 23.6 Å². The molecule has 0 radical (unpaired) electrons. The molecule has 2 bridgehead atoms. The number of aliphatic hydroxyl groups excluding tert-OH is 2. The number of ketones is 1. The van der Waals surface area contributed by atoms with Gasteiger partial charge in [0.2, 0.25) is 0 Å². The number of rotatable bonds is 4. The van der Waals surface area contributed by atoms with E-state index in [4.69, 9.17) is 9.47 Å². The maximum absolute atomic E-state index is 11.7. The van der Waals surface area contributed by atoms with E-state index in [9.17, 15) is 19.8 Å². The monoisotopic (exact) mass is 403 g/mol. The average molecular weight is 403 g/mol. The van der Waals surface area contributed by atoms with Crippen molar-refractivity contribution in [3.05, 3.63) is 46.8 Å². The highest BCUT2D eigenvalue weighted by Gasteiger charge is 2.50. The smallest absolute Gasteiger partial charge is 0.259 e. The maximum atomic E-state index is 11.7. The van der Waals surface area contributed by atoms with Crippen LogP contribution < -0.4 is 5.32 Å². The molecule has 29 heavy (non-hydrogen) atoms. The van der Waals surface area contributed by atoms with Crippen LogP contribution in [0.2, 0.25) is 0 Å². The van der Waals surface area contributed by atoms with Crippen molar-refractivity contribution in [3.8, 4) is 0 Å². The largest absolute Gasteiger partial charge is 0.507 e. The lowest BCUT2D eigenvalue weighted by Gasteiger charge is -2.52. The number of amides is 1. The first-order valence-electron chi connectivity index (χ1n) is 9.87. The summed E-state index contributed by atoms with van der Waals surface area (Å²) in [6, 6.07) is 0. The summed E-state index contributed by atoms with van der Waals surface area (Å²) >= 11 is 0.